The number of rotatable bonds is 1. The molecule has 0 aliphatic heterocycles. The van der Waals surface area contributed by atoms with E-state index in [-0.39, 0.29) is 0 Å². The molecule has 0 heterocycles. The summed E-state index contributed by atoms with van der Waals surface area (Å²) in [7, 11) is 0. The zero-order valence-electron chi connectivity index (χ0n) is 7.01. The molecule has 0 saturated heterocycles. The molecule has 0 aromatic carbocycles. The molecular formula is C7H7Cl4F3. The van der Waals surface area contributed by atoms with Crippen molar-refractivity contribution in [1.29, 1.82) is 0 Å². The fourth-order valence-corrected chi connectivity index (χ4v) is 3.33. The first-order chi connectivity index (χ1) is 6.07. The van der Waals surface area contributed by atoms with Crippen molar-refractivity contribution < 1.29 is 13.2 Å². The van der Waals surface area contributed by atoms with Gasteiger partial charge < -0.3 is 0 Å². The second kappa shape index (κ2) is 3.47. The SMILES string of the molecule is CC1CC(F)(F)C(Cl)(Cl)C1(F)C(Cl)Cl. The lowest BCUT2D eigenvalue weighted by Gasteiger charge is -2.35. The topological polar surface area (TPSA) is 0 Å². The van der Waals surface area contributed by atoms with Gasteiger partial charge in [0.1, 0.15) is 4.84 Å². The Balaban J connectivity index is 3.20. The third-order valence-corrected chi connectivity index (χ3v) is 4.31. The predicted molar refractivity (Wildman–Crippen MR) is 52.5 cm³/mol. The van der Waals surface area contributed by atoms with Crippen molar-refractivity contribution in [3.8, 4) is 0 Å². The maximum atomic E-state index is 14.1. The van der Waals surface area contributed by atoms with Crippen molar-refractivity contribution in [2.75, 3.05) is 0 Å². The van der Waals surface area contributed by atoms with E-state index in [1.807, 2.05) is 0 Å². The summed E-state index contributed by atoms with van der Waals surface area (Å²) in [5, 5.41) is 0. The minimum Gasteiger partial charge on any atom is -0.237 e. The lowest BCUT2D eigenvalue weighted by molar-refractivity contribution is -0.0182. The molecule has 0 bridgehead atoms. The van der Waals surface area contributed by atoms with Gasteiger partial charge in [0.2, 0.25) is 4.33 Å². The van der Waals surface area contributed by atoms with E-state index in [1.54, 1.807) is 0 Å². The summed E-state index contributed by atoms with van der Waals surface area (Å²) < 4.78 is 37.6. The van der Waals surface area contributed by atoms with Crippen LogP contribution in [0.1, 0.15) is 13.3 Å². The molecule has 84 valence electrons. The molecular weight excluding hydrogens is 283 g/mol. The van der Waals surface area contributed by atoms with Crippen molar-refractivity contribution in [3.63, 3.8) is 0 Å². The van der Waals surface area contributed by atoms with Gasteiger partial charge in [-0.3, -0.25) is 0 Å². The van der Waals surface area contributed by atoms with E-state index in [9.17, 15) is 13.2 Å². The Hall–Kier alpha value is 0.950. The minimum absolute atomic E-state index is 0.771. The summed E-state index contributed by atoms with van der Waals surface area (Å²) >= 11 is 21.3. The predicted octanol–water partition coefficient (Wildman–Crippen LogP) is 4.35. The van der Waals surface area contributed by atoms with Crippen LogP contribution in [0.15, 0.2) is 0 Å². The van der Waals surface area contributed by atoms with Gasteiger partial charge in [-0.25, -0.2) is 13.2 Å². The third kappa shape index (κ3) is 1.43. The summed E-state index contributed by atoms with van der Waals surface area (Å²) in [6.45, 7) is 1.25. The summed E-state index contributed by atoms with van der Waals surface area (Å²) in [5.74, 6) is -4.64. The van der Waals surface area contributed by atoms with Gasteiger partial charge in [0.25, 0.3) is 5.92 Å². The minimum atomic E-state index is -3.54. The van der Waals surface area contributed by atoms with Crippen molar-refractivity contribution in [3.05, 3.63) is 0 Å². The highest BCUT2D eigenvalue weighted by molar-refractivity contribution is 6.53. The number of hydrogen-bond donors (Lipinski definition) is 0. The molecule has 2 unspecified atom stereocenters. The maximum absolute atomic E-state index is 14.1. The molecule has 1 rings (SSSR count). The molecule has 7 heteroatoms. The quantitative estimate of drug-likeness (QED) is 0.630. The van der Waals surface area contributed by atoms with E-state index in [0.717, 1.165) is 0 Å². The molecule has 0 nitrogen and oxygen atoms in total. The summed E-state index contributed by atoms with van der Waals surface area (Å²) in [6.07, 6.45) is -0.771. The first-order valence-electron chi connectivity index (χ1n) is 3.80. The fourth-order valence-electron chi connectivity index (χ4n) is 1.60. The monoisotopic (exact) mass is 288 g/mol. The molecule has 1 aliphatic rings. The Bertz CT molecular complexity index is 243. The van der Waals surface area contributed by atoms with Crippen LogP contribution in [0.4, 0.5) is 13.2 Å². The van der Waals surface area contributed by atoms with Gasteiger partial charge in [-0.1, -0.05) is 30.1 Å². The van der Waals surface area contributed by atoms with E-state index < -0.39 is 33.1 Å². The van der Waals surface area contributed by atoms with Crippen molar-refractivity contribution >= 4 is 46.4 Å². The Morgan fingerprint density at radius 3 is 1.79 bits per heavy atom. The molecule has 14 heavy (non-hydrogen) atoms. The van der Waals surface area contributed by atoms with Crippen LogP contribution in [-0.4, -0.2) is 20.8 Å². The standard InChI is InChI=1S/C7H7Cl4F3/c1-3-2-5(12,13)7(10,11)6(3,14)4(8)9/h3-4H,2H2,1H3. The van der Waals surface area contributed by atoms with Crippen LogP contribution in [0.2, 0.25) is 0 Å². The number of hydrogen-bond acceptors (Lipinski definition) is 0. The van der Waals surface area contributed by atoms with Crippen LogP contribution in [-0.2, 0) is 0 Å². The van der Waals surface area contributed by atoms with E-state index in [1.165, 1.54) is 6.92 Å². The fraction of sp³-hybridized carbons (Fsp3) is 1.00. The third-order valence-electron chi connectivity index (χ3n) is 2.54. The second-order valence-electron chi connectivity index (χ2n) is 3.45. The van der Waals surface area contributed by atoms with Gasteiger partial charge in [-0.15, -0.1) is 23.2 Å². The zero-order chi connectivity index (χ0) is 11.4. The van der Waals surface area contributed by atoms with E-state index in [4.69, 9.17) is 46.4 Å². The average Bonchev–Trinajstić information content (AvgIpc) is 2.10. The number of halogens is 7. The first-order valence-corrected chi connectivity index (χ1v) is 5.43. The molecule has 0 aromatic heterocycles. The lowest BCUT2D eigenvalue weighted by atomic mass is 9.96. The van der Waals surface area contributed by atoms with Crippen LogP contribution >= 0.6 is 46.4 Å². The molecule has 1 fully saturated rings. The molecule has 1 aliphatic carbocycles. The summed E-state index contributed by atoms with van der Waals surface area (Å²) in [5.41, 5.74) is -2.71. The normalized spacial score (nSPS) is 40.5. The highest BCUT2D eigenvalue weighted by Gasteiger charge is 2.75. The summed E-state index contributed by atoms with van der Waals surface area (Å²) in [4.78, 5) is -1.69. The first kappa shape index (κ1) is 13.0. The van der Waals surface area contributed by atoms with Crippen LogP contribution in [0.3, 0.4) is 0 Å². The van der Waals surface area contributed by atoms with Crippen LogP contribution < -0.4 is 0 Å². The van der Waals surface area contributed by atoms with Crippen LogP contribution in [0.25, 0.3) is 0 Å². The molecule has 0 amide bonds. The van der Waals surface area contributed by atoms with Gasteiger partial charge in [-0.2, -0.15) is 0 Å². The zero-order valence-corrected chi connectivity index (χ0v) is 10.0. The number of alkyl halides is 7. The highest BCUT2D eigenvalue weighted by atomic mass is 35.5. The van der Waals surface area contributed by atoms with Gasteiger partial charge in [-0.05, 0) is 0 Å². The Kier molecular flexibility index (Phi) is 3.23. The van der Waals surface area contributed by atoms with E-state index in [2.05, 4.69) is 0 Å². The largest absolute Gasteiger partial charge is 0.284 e. The van der Waals surface area contributed by atoms with Gasteiger partial charge >= 0.3 is 0 Å². The maximum Gasteiger partial charge on any atom is 0.284 e. The van der Waals surface area contributed by atoms with Crippen molar-refractivity contribution in [2.24, 2.45) is 5.92 Å². The molecule has 2 atom stereocenters. The van der Waals surface area contributed by atoms with Gasteiger partial charge in [0.05, 0.1) is 0 Å². The van der Waals surface area contributed by atoms with Gasteiger partial charge in [0.15, 0.2) is 5.67 Å². The Morgan fingerprint density at radius 2 is 1.64 bits per heavy atom. The lowest BCUT2D eigenvalue weighted by Crippen LogP contribution is -2.52. The molecule has 0 N–H and O–H groups in total. The Morgan fingerprint density at radius 1 is 1.21 bits per heavy atom. The van der Waals surface area contributed by atoms with E-state index in [0.29, 0.717) is 0 Å². The average molecular weight is 290 g/mol. The molecule has 0 spiro atoms. The van der Waals surface area contributed by atoms with Gasteiger partial charge in [0, 0.05) is 12.3 Å². The Labute approximate surface area is 99.6 Å². The van der Waals surface area contributed by atoms with E-state index >= 15 is 0 Å². The molecule has 0 radical (unpaired) electrons. The highest BCUT2D eigenvalue weighted by Crippen LogP contribution is 2.63. The molecule has 1 saturated carbocycles. The van der Waals surface area contributed by atoms with Crippen molar-refractivity contribution in [2.45, 2.75) is 34.1 Å². The smallest absolute Gasteiger partial charge is 0.237 e. The molecule has 0 aromatic rings. The van der Waals surface area contributed by atoms with Crippen LogP contribution in [0.5, 0.6) is 0 Å². The van der Waals surface area contributed by atoms with Crippen LogP contribution in [0, 0.1) is 5.92 Å². The van der Waals surface area contributed by atoms with Crippen molar-refractivity contribution in [1.82, 2.24) is 0 Å². The second-order valence-corrected chi connectivity index (χ2v) is 5.88. The summed E-state index contributed by atoms with van der Waals surface area (Å²) in [6, 6.07) is 0.